The van der Waals surface area contributed by atoms with E-state index in [2.05, 4.69) is 0 Å². The van der Waals surface area contributed by atoms with Crippen molar-refractivity contribution in [2.24, 2.45) is 0 Å². The number of hydrogen-bond acceptors (Lipinski definition) is 8. The molecular formula is CuO8S2Sr. The van der Waals surface area contributed by atoms with Crippen LogP contribution in [-0.2, 0) is 37.9 Å². The van der Waals surface area contributed by atoms with E-state index in [0.29, 0.717) is 0 Å². The second-order valence-electron chi connectivity index (χ2n) is 0.816. The average molecular weight is 343 g/mol. The Balaban J connectivity index is -0.0000000457. The fraction of sp³-hybridized carbons (Fsp3) is 0. The molecule has 0 rings (SSSR count). The number of hydrogen-bond donors (Lipinski definition) is 0. The van der Waals surface area contributed by atoms with E-state index in [1.807, 2.05) is 0 Å². The number of rotatable bonds is 0. The van der Waals surface area contributed by atoms with E-state index in [-0.39, 0.29) is 62.6 Å². The summed E-state index contributed by atoms with van der Waals surface area (Å²) in [7, 11) is -10.3. The smallest absolute Gasteiger partial charge is 0.759 e. The van der Waals surface area contributed by atoms with Crippen LogP contribution in [0, 0.1) is 0 Å². The third-order valence-electron chi connectivity index (χ3n) is 0. The van der Waals surface area contributed by atoms with E-state index < -0.39 is 20.8 Å². The molecule has 12 heavy (non-hydrogen) atoms. The largest absolute Gasteiger partial charge is 2.00 e. The van der Waals surface area contributed by atoms with Gasteiger partial charge < -0.3 is 18.2 Å². The molecule has 0 heterocycles. The molecule has 0 saturated heterocycles. The van der Waals surface area contributed by atoms with Gasteiger partial charge in [0.2, 0.25) is 0 Å². The summed E-state index contributed by atoms with van der Waals surface area (Å²) in [6, 6.07) is 0. The van der Waals surface area contributed by atoms with Gasteiger partial charge in [0, 0.05) is 20.8 Å². The van der Waals surface area contributed by atoms with Crippen LogP contribution in [0.25, 0.3) is 0 Å². The molecule has 0 aliphatic rings. The van der Waals surface area contributed by atoms with Crippen molar-refractivity contribution < 1.29 is 52.1 Å². The van der Waals surface area contributed by atoms with Gasteiger partial charge >= 0.3 is 62.6 Å². The maximum absolute atomic E-state index is 8.52. The summed E-state index contributed by atoms with van der Waals surface area (Å²) >= 11 is 0. The maximum atomic E-state index is 8.52. The van der Waals surface area contributed by atoms with Crippen molar-refractivity contribution in [2.45, 2.75) is 0 Å². The van der Waals surface area contributed by atoms with E-state index in [0.717, 1.165) is 0 Å². The zero-order valence-corrected chi connectivity index (χ0v) is 11.1. The molecule has 0 saturated carbocycles. The SMILES string of the molecule is O=S(=O)([O-])[O-].O=S(=O)([O-])[O-].[Cu+2].[Sr+2]. The maximum Gasteiger partial charge on any atom is 2.00 e. The first-order valence-electron chi connectivity index (χ1n) is 1.33. The van der Waals surface area contributed by atoms with Crippen LogP contribution in [0.5, 0.6) is 0 Å². The second-order valence-corrected chi connectivity index (χ2v) is 2.45. The van der Waals surface area contributed by atoms with E-state index >= 15 is 0 Å². The summed E-state index contributed by atoms with van der Waals surface area (Å²) in [5, 5.41) is 0. The summed E-state index contributed by atoms with van der Waals surface area (Å²) in [4.78, 5) is 0. The van der Waals surface area contributed by atoms with Crippen LogP contribution in [-0.4, -0.2) is 80.5 Å². The van der Waals surface area contributed by atoms with E-state index in [9.17, 15) is 0 Å². The molecule has 0 atom stereocenters. The third kappa shape index (κ3) is 447. The quantitative estimate of drug-likeness (QED) is 0.254. The average Bonchev–Trinajstić information content (AvgIpc) is 1.12. The summed E-state index contributed by atoms with van der Waals surface area (Å²) in [6.07, 6.45) is 0. The van der Waals surface area contributed by atoms with Gasteiger partial charge in [-0.25, -0.2) is 0 Å². The summed E-state index contributed by atoms with van der Waals surface area (Å²) in [5.41, 5.74) is 0. The first kappa shape index (κ1) is 23.5. The van der Waals surface area contributed by atoms with Crippen molar-refractivity contribution in [1.82, 2.24) is 0 Å². The molecule has 0 amide bonds. The standard InChI is InChI=1S/Cu.2H2O4S.Sr/c;2*1-5(2,3)4;/h;2*(H2,1,2,3,4);/q+2;;;+2/p-4. The fourth-order valence-electron chi connectivity index (χ4n) is 0. The molecule has 8 nitrogen and oxygen atoms in total. The minimum absolute atomic E-state index is 0. The van der Waals surface area contributed by atoms with Crippen molar-refractivity contribution in [3.05, 3.63) is 0 Å². The van der Waals surface area contributed by atoms with Gasteiger partial charge in [0.05, 0.1) is 0 Å². The van der Waals surface area contributed by atoms with Gasteiger partial charge in [0.25, 0.3) is 0 Å². The fourth-order valence-corrected chi connectivity index (χ4v) is 0. The van der Waals surface area contributed by atoms with Crippen LogP contribution in [0.4, 0.5) is 0 Å². The Morgan fingerprint density at radius 2 is 0.667 bits per heavy atom. The molecule has 0 aromatic heterocycles. The van der Waals surface area contributed by atoms with Crippen molar-refractivity contribution in [3.63, 3.8) is 0 Å². The topological polar surface area (TPSA) is 161 Å². The zero-order valence-electron chi connectivity index (χ0n) is 5.09. The molecule has 0 unspecified atom stereocenters. The van der Waals surface area contributed by atoms with Crippen LogP contribution in [0.2, 0.25) is 0 Å². The predicted octanol–water partition coefficient (Wildman–Crippen LogP) is -3.06. The molecule has 0 fully saturated rings. The summed E-state index contributed by atoms with van der Waals surface area (Å²) in [5.74, 6) is 0. The molecule has 0 aromatic rings. The molecule has 0 aromatic carbocycles. The van der Waals surface area contributed by atoms with Gasteiger partial charge in [-0.3, -0.25) is 16.8 Å². The van der Waals surface area contributed by atoms with Crippen molar-refractivity contribution in [1.29, 1.82) is 0 Å². The van der Waals surface area contributed by atoms with Crippen molar-refractivity contribution in [2.75, 3.05) is 0 Å². The van der Waals surface area contributed by atoms with Crippen LogP contribution in [0.1, 0.15) is 0 Å². The predicted molar refractivity (Wildman–Crippen MR) is 26.7 cm³/mol. The van der Waals surface area contributed by atoms with Gasteiger partial charge in [0.1, 0.15) is 0 Å². The molecular weight excluding hydrogens is 343 g/mol. The van der Waals surface area contributed by atoms with Crippen LogP contribution in [0.3, 0.4) is 0 Å². The Morgan fingerprint density at radius 1 is 0.667 bits per heavy atom. The Hall–Kier alpha value is 1.74. The van der Waals surface area contributed by atoms with Crippen molar-refractivity contribution >= 4 is 66.3 Å². The Labute approximate surface area is 117 Å². The van der Waals surface area contributed by atoms with Crippen LogP contribution < -0.4 is 0 Å². The Bertz CT molecular complexity index is 213. The Morgan fingerprint density at radius 3 is 0.667 bits per heavy atom. The summed E-state index contributed by atoms with van der Waals surface area (Å²) in [6.45, 7) is 0. The third-order valence-corrected chi connectivity index (χ3v) is 0. The first-order chi connectivity index (χ1) is 4.00. The van der Waals surface area contributed by atoms with Gasteiger partial charge in [-0.15, -0.1) is 0 Å². The first-order valence-corrected chi connectivity index (χ1v) is 4.00. The molecule has 0 aliphatic heterocycles. The zero-order chi connectivity index (χ0) is 9.00. The van der Waals surface area contributed by atoms with Crippen LogP contribution in [0.15, 0.2) is 0 Å². The molecule has 73 valence electrons. The molecule has 0 aliphatic carbocycles. The molecule has 0 spiro atoms. The van der Waals surface area contributed by atoms with Gasteiger partial charge in [-0.05, 0) is 0 Å². The van der Waals surface area contributed by atoms with E-state index in [1.165, 1.54) is 0 Å². The van der Waals surface area contributed by atoms with Crippen molar-refractivity contribution in [3.8, 4) is 0 Å². The molecule has 0 N–H and O–H groups in total. The summed E-state index contributed by atoms with van der Waals surface area (Å²) < 4.78 is 68.2. The van der Waals surface area contributed by atoms with Gasteiger partial charge in [-0.2, -0.15) is 0 Å². The monoisotopic (exact) mass is 343 g/mol. The van der Waals surface area contributed by atoms with Gasteiger partial charge in [0.15, 0.2) is 0 Å². The normalized spacial score (nSPS) is 9.67. The van der Waals surface area contributed by atoms with Gasteiger partial charge in [-0.1, -0.05) is 0 Å². The van der Waals surface area contributed by atoms with E-state index in [1.54, 1.807) is 0 Å². The minimum Gasteiger partial charge on any atom is -0.759 e. The van der Waals surface area contributed by atoms with Crippen LogP contribution >= 0.6 is 0 Å². The molecule has 12 heteroatoms. The Kier molecular flexibility index (Phi) is 18.2. The molecule has 0 bridgehead atoms. The van der Waals surface area contributed by atoms with E-state index in [4.69, 9.17) is 35.0 Å². The second kappa shape index (κ2) is 9.30. The molecule has 1 radical (unpaired) electrons. The minimum atomic E-state index is -5.17.